The standard InChI is InChI=1S/C22H19FN2O2S/c23-17-10-12-18(13-11-17)28(26,27)25-15-20(16-6-2-1-3-7-16)21-14-24-22-9-5-4-8-19(21)22/h1-14,20,24-25H,15H2/t20-/m1/s1. The summed E-state index contributed by atoms with van der Waals surface area (Å²) in [5.41, 5.74) is 3.03. The van der Waals surface area contributed by atoms with Gasteiger partial charge in [-0.15, -0.1) is 0 Å². The van der Waals surface area contributed by atoms with Crippen LogP contribution in [0.4, 0.5) is 4.39 Å². The van der Waals surface area contributed by atoms with Crippen molar-refractivity contribution >= 4 is 20.9 Å². The van der Waals surface area contributed by atoms with Gasteiger partial charge in [-0.25, -0.2) is 17.5 Å². The van der Waals surface area contributed by atoms with Crippen molar-refractivity contribution in [3.05, 3.63) is 102 Å². The van der Waals surface area contributed by atoms with Crippen molar-refractivity contribution in [3.63, 3.8) is 0 Å². The van der Waals surface area contributed by atoms with Gasteiger partial charge >= 0.3 is 0 Å². The van der Waals surface area contributed by atoms with Crippen LogP contribution < -0.4 is 4.72 Å². The van der Waals surface area contributed by atoms with Crippen molar-refractivity contribution in [2.75, 3.05) is 6.54 Å². The van der Waals surface area contributed by atoms with E-state index in [9.17, 15) is 12.8 Å². The average Bonchev–Trinajstić information content (AvgIpc) is 3.13. The second kappa shape index (κ2) is 7.58. The van der Waals surface area contributed by atoms with Gasteiger partial charge in [-0.2, -0.15) is 0 Å². The highest BCUT2D eigenvalue weighted by Gasteiger charge is 2.22. The number of rotatable bonds is 6. The number of nitrogens with one attached hydrogen (secondary N) is 2. The molecule has 0 saturated carbocycles. The van der Waals surface area contributed by atoms with E-state index in [4.69, 9.17) is 0 Å². The molecule has 0 aliphatic heterocycles. The summed E-state index contributed by atoms with van der Waals surface area (Å²) in [5.74, 6) is -0.646. The molecule has 0 amide bonds. The third-order valence-corrected chi connectivity index (χ3v) is 6.24. The number of para-hydroxylation sites is 1. The Morgan fingerprint density at radius 3 is 2.32 bits per heavy atom. The molecule has 3 aromatic carbocycles. The highest BCUT2D eigenvalue weighted by atomic mass is 32.2. The largest absolute Gasteiger partial charge is 0.361 e. The molecule has 1 heterocycles. The topological polar surface area (TPSA) is 62.0 Å². The molecule has 6 heteroatoms. The Morgan fingerprint density at radius 2 is 1.57 bits per heavy atom. The molecule has 0 bridgehead atoms. The van der Waals surface area contributed by atoms with Crippen LogP contribution in [-0.2, 0) is 10.0 Å². The first-order chi connectivity index (χ1) is 13.5. The Labute approximate surface area is 163 Å². The maximum Gasteiger partial charge on any atom is 0.240 e. The summed E-state index contributed by atoms with van der Waals surface area (Å²) in [6, 6.07) is 22.5. The Balaban J connectivity index is 1.68. The van der Waals surface area contributed by atoms with E-state index in [1.165, 1.54) is 12.1 Å². The zero-order chi connectivity index (χ0) is 19.6. The molecular formula is C22H19FN2O2S. The summed E-state index contributed by atoms with van der Waals surface area (Å²) in [5, 5.41) is 1.05. The van der Waals surface area contributed by atoms with Gasteiger partial charge in [0, 0.05) is 29.6 Å². The van der Waals surface area contributed by atoms with Gasteiger partial charge < -0.3 is 4.98 Å². The number of aromatic nitrogens is 1. The lowest BCUT2D eigenvalue weighted by Gasteiger charge is -2.18. The zero-order valence-electron chi connectivity index (χ0n) is 15.0. The minimum absolute atomic E-state index is 0.0413. The molecule has 0 saturated heterocycles. The summed E-state index contributed by atoms with van der Waals surface area (Å²) in [6.07, 6.45) is 1.93. The molecule has 4 rings (SSSR count). The van der Waals surface area contributed by atoms with Gasteiger partial charge in [-0.3, -0.25) is 0 Å². The van der Waals surface area contributed by atoms with Gasteiger partial charge in [-0.05, 0) is 41.5 Å². The lowest BCUT2D eigenvalue weighted by atomic mass is 9.91. The van der Waals surface area contributed by atoms with E-state index in [0.717, 1.165) is 34.2 Å². The fourth-order valence-corrected chi connectivity index (χ4v) is 4.41. The molecule has 0 aliphatic carbocycles. The highest BCUT2D eigenvalue weighted by molar-refractivity contribution is 7.89. The highest BCUT2D eigenvalue weighted by Crippen LogP contribution is 2.30. The van der Waals surface area contributed by atoms with E-state index in [2.05, 4.69) is 9.71 Å². The Hall–Kier alpha value is -2.96. The number of hydrogen-bond acceptors (Lipinski definition) is 2. The SMILES string of the molecule is O=S(=O)(NC[C@H](c1ccccc1)c1c[nH]c2ccccc12)c1ccc(F)cc1. The second-order valence-electron chi connectivity index (χ2n) is 6.56. The summed E-state index contributed by atoms with van der Waals surface area (Å²) in [4.78, 5) is 3.30. The molecule has 28 heavy (non-hydrogen) atoms. The predicted molar refractivity (Wildman–Crippen MR) is 108 cm³/mol. The van der Waals surface area contributed by atoms with Crippen LogP contribution in [0, 0.1) is 5.82 Å². The molecule has 1 aromatic heterocycles. The third-order valence-electron chi connectivity index (χ3n) is 4.80. The Kier molecular flexibility index (Phi) is 4.98. The van der Waals surface area contributed by atoms with Crippen molar-refractivity contribution in [1.29, 1.82) is 0 Å². The van der Waals surface area contributed by atoms with Crippen LogP contribution in [0.1, 0.15) is 17.0 Å². The molecule has 1 atom stereocenters. The van der Waals surface area contributed by atoms with Crippen molar-refractivity contribution in [2.45, 2.75) is 10.8 Å². The van der Waals surface area contributed by atoms with Crippen LogP contribution in [0.5, 0.6) is 0 Å². The predicted octanol–water partition coefficient (Wildman–Crippen LogP) is 4.42. The lowest BCUT2D eigenvalue weighted by molar-refractivity contribution is 0.577. The number of aromatic amines is 1. The third kappa shape index (κ3) is 3.69. The first kappa shape index (κ1) is 18.4. The number of H-pyrrole nitrogens is 1. The molecule has 0 aliphatic rings. The van der Waals surface area contributed by atoms with E-state index in [-0.39, 0.29) is 17.4 Å². The van der Waals surface area contributed by atoms with Crippen LogP contribution in [0.2, 0.25) is 0 Å². The van der Waals surface area contributed by atoms with Gasteiger partial charge in [0.2, 0.25) is 10.0 Å². The molecule has 2 N–H and O–H groups in total. The van der Waals surface area contributed by atoms with Crippen molar-refractivity contribution < 1.29 is 12.8 Å². The molecule has 0 fully saturated rings. The molecule has 142 valence electrons. The fourth-order valence-electron chi connectivity index (χ4n) is 3.37. The summed E-state index contributed by atoms with van der Waals surface area (Å²) in [7, 11) is -3.75. The lowest BCUT2D eigenvalue weighted by Crippen LogP contribution is -2.29. The van der Waals surface area contributed by atoms with Gasteiger partial charge in [0.15, 0.2) is 0 Å². The van der Waals surface area contributed by atoms with Crippen molar-refractivity contribution in [3.8, 4) is 0 Å². The van der Waals surface area contributed by atoms with Crippen LogP contribution in [0.15, 0.2) is 90.0 Å². The summed E-state index contributed by atoms with van der Waals surface area (Å²) >= 11 is 0. The molecule has 0 radical (unpaired) electrons. The monoisotopic (exact) mass is 394 g/mol. The molecule has 0 spiro atoms. The van der Waals surface area contributed by atoms with Gasteiger partial charge in [-0.1, -0.05) is 48.5 Å². The Morgan fingerprint density at radius 1 is 0.893 bits per heavy atom. The average molecular weight is 394 g/mol. The maximum atomic E-state index is 13.1. The number of hydrogen-bond donors (Lipinski definition) is 2. The van der Waals surface area contributed by atoms with Crippen LogP contribution in [0.25, 0.3) is 10.9 Å². The number of fused-ring (bicyclic) bond motifs is 1. The molecule has 0 unspecified atom stereocenters. The minimum atomic E-state index is -3.75. The fraction of sp³-hybridized carbons (Fsp3) is 0.0909. The van der Waals surface area contributed by atoms with Crippen LogP contribution in [-0.4, -0.2) is 19.9 Å². The van der Waals surface area contributed by atoms with E-state index < -0.39 is 15.8 Å². The first-order valence-corrected chi connectivity index (χ1v) is 10.4. The summed E-state index contributed by atoms with van der Waals surface area (Å²) < 4.78 is 41.2. The molecular weight excluding hydrogens is 375 g/mol. The zero-order valence-corrected chi connectivity index (χ0v) is 15.8. The van der Waals surface area contributed by atoms with Gasteiger partial charge in [0.25, 0.3) is 0 Å². The molecule has 4 aromatic rings. The van der Waals surface area contributed by atoms with E-state index in [1.807, 2.05) is 60.8 Å². The van der Waals surface area contributed by atoms with Crippen LogP contribution >= 0.6 is 0 Å². The van der Waals surface area contributed by atoms with E-state index in [1.54, 1.807) is 0 Å². The number of benzene rings is 3. The smallest absolute Gasteiger partial charge is 0.240 e. The van der Waals surface area contributed by atoms with Crippen molar-refractivity contribution in [1.82, 2.24) is 9.71 Å². The quantitative estimate of drug-likeness (QED) is 0.509. The van der Waals surface area contributed by atoms with Gasteiger partial charge in [0.05, 0.1) is 4.90 Å². The maximum absolute atomic E-state index is 13.1. The molecule has 4 nitrogen and oxygen atoms in total. The summed E-state index contributed by atoms with van der Waals surface area (Å²) in [6.45, 7) is 0.186. The number of sulfonamides is 1. The van der Waals surface area contributed by atoms with Crippen LogP contribution in [0.3, 0.4) is 0 Å². The normalized spacial score (nSPS) is 12.9. The van der Waals surface area contributed by atoms with E-state index in [0.29, 0.717) is 0 Å². The minimum Gasteiger partial charge on any atom is -0.361 e. The second-order valence-corrected chi connectivity index (χ2v) is 8.33. The first-order valence-electron chi connectivity index (χ1n) is 8.91. The van der Waals surface area contributed by atoms with Crippen molar-refractivity contribution in [2.24, 2.45) is 0 Å². The number of halogens is 1. The van der Waals surface area contributed by atoms with Gasteiger partial charge in [0.1, 0.15) is 5.82 Å². The van der Waals surface area contributed by atoms with E-state index >= 15 is 0 Å². The Bertz CT molecular complexity index is 1190.